The van der Waals surface area contributed by atoms with Crippen LogP contribution in [0.1, 0.15) is 0 Å². The van der Waals surface area contributed by atoms with Gasteiger partial charge in [-0.25, -0.2) is 0 Å². The summed E-state index contributed by atoms with van der Waals surface area (Å²) in [5.74, 6) is 0.870. The first kappa shape index (κ1) is 13.8. The maximum Gasteiger partial charge on any atom is 0.0657 e. The third-order valence-electron chi connectivity index (χ3n) is 3.25. The van der Waals surface area contributed by atoms with Crippen molar-refractivity contribution in [2.45, 2.75) is 4.90 Å². The molecular weight excluding hydrogens is 274 g/mol. The van der Waals surface area contributed by atoms with E-state index in [4.69, 9.17) is 0 Å². The van der Waals surface area contributed by atoms with E-state index in [1.165, 1.54) is 16.0 Å². The van der Waals surface area contributed by atoms with Gasteiger partial charge in [-0.3, -0.25) is 0 Å². The highest BCUT2D eigenvalue weighted by atomic mass is 32.2. The molecule has 0 heterocycles. The number of hydrogen-bond acceptors (Lipinski definition) is 2. The predicted octanol–water partition coefficient (Wildman–Crippen LogP) is 5.52. The molecule has 1 nitrogen and oxygen atoms in total. The van der Waals surface area contributed by atoms with Crippen LogP contribution in [0.25, 0.3) is 11.1 Å². The fourth-order valence-electron chi connectivity index (χ4n) is 2.13. The van der Waals surface area contributed by atoms with Crippen LogP contribution in [0.2, 0.25) is 0 Å². The highest BCUT2D eigenvalue weighted by Gasteiger charge is 1.97. The van der Waals surface area contributed by atoms with Gasteiger partial charge in [0.25, 0.3) is 0 Å². The molecule has 0 saturated carbocycles. The normalized spacial score (nSPS) is 10.3. The number of hydrogen-bond donors (Lipinski definition) is 1. The smallest absolute Gasteiger partial charge is 0.0657 e. The molecule has 3 rings (SSSR count). The topological polar surface area (TPSA) is 12.0 Å². The quantitative estimate of drug-likeness (QED) is 0.491. The van der Waals surface area contributed by atoms with Crippen molar-refractivity contribution in [3.63, 3.8) is 0 Å². The zero-order valence-electron chi connectivity index (χ0n) is 11.7. The second kappa shape index (κ2) is 7.00. The van der Waals surface area contributed by atoms with Crippen LogP contribution in [0.3, 0.4) is 0 Å². The third kappa shape index (κ3) is 3.89. The van der Waals surface area contributed by atoms with Crippen molar-refractivity contribution in [3.8, 4) is 11.1 Å². The Labute approximate surface area is 130 Å². The van der Waals surface area contributed by atoms with E-state index >= 15 is 0 Å². The summed E-state index contributed by atoms with van der Waals surface area (Å²) in [5.41, 5.74) is 3.65. The lowest BCUT2D eigenvalue weighted by Gasteiger charge is -2.07. The Balaban J connectivity index is 1.58. The SMILES string of the molecule is c1ccc(SCNc2ccc(-c3ccccc3)cc2)cc1. The first-order valence-corrected chi connectivity index (χ1v) is 7.97. The molecule has 0 radical (unpaired) electrons. The van der Waals surface area contributed by atoms with Gasteiger partial charge in [0.1, 0.15) is 0 Å². The van der Waals surface area contributed by atoms with Crippen LogP contribution in [-0.2, 0) is 0 Å². The molecule has 0 aromatic heterocycles. The summed E-state index contributed by atoms with van der Waals surface area (Å²) >= 11 is 1.80. The molecule has 2 heteroatoms. The number of thioether (sulfide) groups is 1. The molecule has 0 spiro atoms. The molecule has 0 bridgehead atoms. The Bertz CT molecular complexity index is 663. The summed E-state index contributed by atoms with van der Waals surface area (Å²) in [6.45, 7) is 0. The average molecular weight is 291 g/mol. The first-order valence-electron chi connectivity index (χ1n) is 6.99. The summed E-state index contributed by atoms with van der Waals surface area (Å²) in [6, 6.07) is 29.5. The summed E-state index contributed by atoms with van der Waals surface area (Å²) in [6.07, 6.45) is 0. The van der Waals surface area contributed by atoms with Crippen LogP contribution in [0.5, 0.6) is 0 Å². The second-order valence-electron chi connectivity index (χ2n) is 4.72. The minimum Gasteiger partial charge on any atom is -0.376 e. The van der Waals surface area contributed by atoms with Crippen LogP contribution in [0, 0.1) is 0 Å². The molecule has 3 aromatic carbocycles. The molecule has 0 amide bonds. The Morgan fingerprint density at radius 2 is 1.19 bits per heavy atom. The Kier molecular flexibility index (Phi) is 4.59. The second-order valence-corrected chi connectivity index (χ2v) is 5.77. The summed E-state index contributed by atoms with van der Waals surface area (Å²) in [5, 5.41) is 3.43. The van der Waals surface area contributed by atoms with Gasteiger partial charge in [0.15, 0.2) is 0 Å². The highest BCUT2D eigenvalue weighted by molar-refractivity contribution is 7.99. The van der Waals surface area contributed by atoms with Crippen LogP contribution in [-0.4, -0.2) is 5.88 Å². The van der Waals surface area contributed by atoms with Gasteiger partial charge in [-0.1, -0.05) is 60.7 Å². The average Bonchev–Trinajstić information content (AvgIpc) is 2.57. The number of nitrogens with one attached hydrogen (secondary N) is 1. The molecule has 0 aliphatic carbocycles. The van der Waals surface area contributed by atoms with Gasteiger partial charge in [0.05, 0.1) is 5.88 Å². The molecular formula is C19H17NS. The number of anilines is 1. The van der Waals surface area contributed by atoms with Gasteiger partial charge < -0.3 is 5.32 Å². The van der Waals surface area contributed by atoms with Crippen LogP contribution >= 0.6 is 11.8 Å². The van der Waals surface area contributed by atoms with Crippen LogP contribution < -0.4 is 5.32 Å². The van der Waals surface area contributed by atoms with Gasteiger partial charge in [-0.2, -0.15) is 0 Å². The van der Waals surface area contributed by atoms with Crippen molar-refractivity contribution in [2.75, 3.05) is 11.2 Å². The minimum absolute atomic E-state index is 0.870. The van der Waals surface area contributed by atoms with Crippen molar-refractivity contribution in [1.29, 1.82) is 0 Å². The van der Waals surface area contributed by atoms with E-state index in [-0.39, 0.29) is 0 Å². The maximum absolute atomic E-state index is 3.43. The molecule has 3 aromatic rings. The van der Waals surface area contributed by atoms with E-state index in [2.05, 4.69) is 78.1 Å². The molecule has 104 valence electrons. The zero-order chi connectivity index (χ0) is 14.3. The third-order valence-corrected chi connectivity index (χ3v) is 4.14. The Morgan fingerprint density at radius 1 is 0.619 bits per heavy atom. The molecule has 0 saturated heterocycles. The van der Waals surface area contributed by atoms with Crippen molar-refractivity contribution in [3.05, 3.63) is 84.9 Å². The van der Waals surface area contributed by atoms with Gasteiger partial charge in [0, 0.05) is 10.6 Å². The predicted molar refractivity (Wildman–Crippen MR) is 92.7 cm³/mol. The number of rotatable bonds is 5. The van der Waals surface area contributed by atoms with E-state index in [1.807, 2.05) is 12.1 Å². The summed E-state index contributed by atoms with van der Waals surface area (Å²) in [4.78, 5) is 1.28. The lowest BCUT2D eigenvalue weighted by atomic mass is 10.1. The molecule has 0 atom stereocenters. The summed E-state index contributed by atoms with van der Waals surface area (Å²) in [7, 11) is 0. The molecule has 0 aliphatic rings. The van der Waals surface area contributed by atoms with Crippen molar-refractivity contribution in [1.82, 2.24) is 0 Å². The molecule has 0 unspecified atom stereocenters. The lowest BCUT2D eigenvalue weighted by Crippen LogP contribution is -1.96. The Hall–Kier alpha value is -2.19. The van der Waals surface area contributed by atoms with E-state index in [0.717, 1.165) is 11.6 Å². The fourth-order valence-corrected chi connectivity index (χ4v) is 2.89. The van der Waals surface area contributed by atoms with Crippen LogP contribution in [0.4, 0.5) is 5.69 Å². The van der Waals surface area contributed by atoms with E-state index < -0.39 is 0 Å². The fraction of sp³-hybridized carbons (Fsp3) is 0.0526. The molecule has 1 N–H and O–H groups in total. The zero-order valence-corrected chi connectivity index (χ0v) is 12.5. The summed E-state index contributed by atoms with van der Waals surface area (Å²) < 4.78 is 0. The highest BCUT2D eigenvalue weighted by Crippen LogP contribution is 2.22. The van der Waals surface area contributed by atoms with Gasteiger partial charge in [0.2, 0.25) is 0 Å². The van der Waals surface area contributed by atoms with Gasteiger partial charge in [-0.15, -0.1) is 11.8 Å². The van der Waals surface area contributed by atoms with Gasteiger partial charge >= 0.3 is 0 Å². The minimum atomic E-state index is 0.870. The van der Waals surface area contributed by atoms with E-state index in [1.54, 1.807) is 11.8 Å². The van der Waals surface area contributed by atoms with Crippen LogP contribution in [0.15, 0.2) is 89.8 Å². The van der Waals surface area contributed by atoms with E-state index in [9.17, 15) is 0 Å². The van der Waals surface area contributed by atoms with E-state index in [0.29, 0.717) is 0 Å². The van der Waals surface area contributed by atoms with Crippen molar-refractivity contribution >= 4 is 17.4 Å². The first-order chi connectivity index (χ1) is 10.4. The Morgan fingerprint density at radius 3 is 1.86 bits per heavy atom. The maximum atomic E-state index is 3.43. The number of benzene rings is 3. The van der Waals surface area contributed by atoms with Crippen molar-refractivity contribution < 1.29 is 0 Å². The lowest BCUT2D eigenvalue weighted by molar-refractivity contribution is 1.41. The largest absolute Gasteiger partial charge is 0.376 e. The standard InChI is InChI=1S/C19H17NS/c1-3-7-16(8-4-1)17-11-13-18(14-12-17)20-15-21-19-9-5-2-6-10-19/h1-14,20H,15H2. The van der Waals surface area contributed by atoms with Crippen molar-refractivity contribution in [2.24, 2.45) is 0 Å². The molecule has 21 heavy (non-hydrogen) atoms. The molecule has 0 fully saturated rings. The van der Waals surface area contributed by atoms with Gasteiger partial charge in [-0.05, 0) is 35.4 Å². The molecule has 0 aliphatic heterocycles. The monoisotopic (exact) mass is 291 g/mol.